The number of rotatable bonds is 8. The van der Waals surface area contributed by atoms with Gasteiger partial charge in [-0.15, -0.1) is 0 Å². The Bertz CT molecular complexity index is 563. The SMILES string of the molecule is CC(C)CC(C)OC(=O)Nc1ccc(Br)cc1.CCN(C=O)CC(=O)O. The molecule has 0 aliphatic rings. The van der Waals surface area contributed by atoms with Gasteiger partial charge in [-0.3, -0.25) is 14.9 Å². The van der Waals surface area contributed by atoms with E-state index in [9.17, 15) is 14.4 Å². The van der Waals surface area contributed by atoms with Crippen LogP contribution < -0.4 is 5.32 Å². The molecule has 1 unspecified atom stereocenters. The number of hydrogen-bond acceptors (Lipinski definition) is 4. The largest absolute Gasteiger partial charge is 0.480 e. The number of carbonyl (C=O) groups is 3. The Hall–Kier alpha value is -2.09. The van der Waals surface area contributed by atoms with E-state index in [0.717, 1.165) is 16.6 Å². The summed E-state index contributed by atoms with van der Waals surface area (Å²) < 4.78 is 6.21. The van der Waals surface area contributed by atoms with Crippen molar-refractivity contribution in [3.8, 4) is 0 Å². The summed E-state index contributed by atoms with van der Waals surface area (Å²) in [4.78, 5) is 32.6. The minimum Gasteiger partial charge on any atom is -0.480 e. The summed E-state index contributed by atoms with van der Waals surface area (Å²) in [5.41, 5.74) is 0.731. The minimum absolute atomic E-state index is 0.0644. The van der Waals surface area contributed by atoms with Gasteiger partial charge in [0, 0.05) is 16.7 Å². The normalized spacial score (nSPS) is 11.0. The predicted molar refractivity (Wildman–Crippen MR) is 104 cm³/mol. The number of nitrogens with zero attached hydrogens (tertiary/aromatic N) is 1. The molecule has 8 heteroatoms. The third-order valence-electron chi connectivity index (χ3n) is 3.10. The first kappa shape index (κ1) is 23.9. The predicted octanol–water partition coefficient (Wildman–Crippen LogP) is 3.98. The average molecular weight is 431 g/mol. The van der Waals surface area contributed by atoms with Gasteiger partial charge in [0.1, 0.15) is 12.6 Å². The number of ether oxygens (including phenoxy) is 1. The van der Waals surface area contributed by atoms with E-state index in [0.29, 0.717) is 18.9 Å². The summed E-state index contributed by atoms with van der Waals surface area (Å²) in [5, 5.41) is 10.8. The summed E-state index contributed by atoms with van der Waals surface area (Å²) in [5.74, 6) is -0.463. The molecule has 0 fully saturated rings. The second-order valence-electron chi connectivity index (χ2n) is 6.04. The molecule has 26 heavy (non-hydrogen) atoms. The number of hydrogen-bond donors (Lipinski definition) is 2. The van der Waals surface area contributed by atoms with Gasteiger partial charge in [0.25, 0.3) is 0 Å². The third kappa shape index (κ3) is 12.3. The van der Waals surface area contributed by atoms with E-state index < -0.39 is 12.1 Å². The number of nitrogens with one attached hydrogen (secondary N) is 1. The van der Waals surface area contributed by atoms with E-state index in [1.165, 1.54) is 4.90 Å². The van der Waals surface area contributed by atoms with Crippen molar-refractivity contribution in [2.24, 2.45) is 5.92 Å². The van der Waals surface area contributed by atoms with E-state index >= 15 is 0 Å². The Kier molecular flexibility index (Phi) is 12.1. The van der Waals surface area contributed by atoms with Crippen LogP contribution in [0.15, 0.2) is 28.7 Å². The van der Waals surface area contributed by atoms with Crippen LogP contribution in [0.3, 0.4) is 0 Å². The molecule has 0 bridgehead atoms. The van der Waals surface area contributed by atoms with Crippen LogP contribution in [-0.4, -0.2) is 47.7 Å². The van der Waals surface area contributed by atoms with Crippen LogP contribution in [0.1, 0.15) is 34.1 Å². The van der Waals surface area contributed by atoms with Gasteiger partial charge in [0.2, 0.25) is 6.41 Å². The number of amides is 2. The summed E-state index contributed by atoms with van der Waals surface area (Å²) in [7, 11) is 0. The molecule has 0 spiro atoms. The number of benzene rings is 1. The van der Waals surface area contributed by atoms with Gasteiger partial charge in [-0.05, 0) is 50.5 Å². The number of anilines is 1. The molecule has 0 saturated carbocycles. The maximum absolute atomic E-state index is 11.5. The van der Waals surface area contributed by atoms with Crippen molar-refractivity contribution in [2.75, 3.05) is 18.4 Å². The Balaban J connectivity index is 0.000000590. The zero-order valence-electron chi connectivity index (χ0n) is 15.6. The Morgan fingerprint density at radius 3 is 2.23 bits per heavy atom. The Labute approximate surface area is 162 Å². The van der Waals surface area contributed by atoms with Crippen molar-refractivity contribution in [3.05, 3.63) is 28.7 Å². The van der Waals surface area contributed by atoms with Crippen molar-refractivity contribution in [2.45, 2.75) is 40.2 Å². The molecule has 0 saturated heterocycles. The summed E-state index contributed by atoms with van der Waals surface area (Å²) in [6.45, 7) is 8.06. The molecule has 146 valence electrons. The van der Waals surface area contributed by atoms with Gasteiger partial charge in [0.05, 0.1) is 0 Å². The van der Waals surface area contributed by atoms with Gasteiger partial charge in [-0.2, -0.15) is 0 Å². The highest BCUT2D eigenvalue weighted by Crippen LogP contribution is 2.15. The average Bonchev–Trinajstić information content (AvgIpc) is 2.54. The Morgan fingerprint density at radius 2 is 1.85 bits per heavy atom. The van der Waals surface area contributed by atoms with Gasteiger partial charge in [0.15, 0.2) is 0 Å². The van der Waals surface area contributed by atoms with Crippen molar-refractivity contribution in [3.63, 3.8) is 0 Å². The monoisotopic (exact) mass is 430 g/mol. The first-order valence-electron chi connectivity index (χ1n) is 8.32. The zero-order chi connectivity index (χ0) is 20.1. The molecular formula is C18H27BrN2O5. The van der Waals surface area contributed by atoms with Crippen LogP contribution in [0.5, 0.6) is 0 Å². The molecule has 1 rings (SSSR count). The van der Waals surface area contributed by atoms with Crippen molar-refractivity contribution < 1.29 is 24.2 Å². The van der Waals surface area contributed by atoms with Crippen molar-refractivity contribution >= 4 is 40.1 Å². The van der Waals surface area contributed by atoms with Crippen LogP contribution in [0, 0.1) is 5.92 Å². The highest BCUT2D eigenvalue weighted by molar-refractivity contribution is 9.10. The maximum atomic E-state index is 11.5. The number of likely N-dealkylation sites (N-methyl/N-ethyl adjacent to an activating group) is 1. The summed E-state index contributed by atoms with van der Waals surface area (Å²) in [6, 6.07) is 7.37. The van der Waals surface area contributed by atoms with Crippen LogP contribution in [0.25, 0.3) is 0 Å². The minimum atomic E-state index is -0.982. The summed E-state index contributed by atoms with van der Waals surface area (Å²) >= 11 is 3.34. The van der Waals surface area contributed by atoms with Crippen LogP contribution in [0.2, 0.25) is 0 Å². The smallest absolute Gasteiger partial charge is 0.411 e. The first-order valence-corrected chi connectivity index (χ1v) is 9.11. The molecule has 1 atom stereocenters. The second kappa shape index (κ2) is 13.2. The molecule has 1 aromatic rings. The number of carboxylic acid groups (broad SMARTS) is 1. The number of carboxylic acids is 1. The molecule has 2 amide bonds. The van der Waals surface area contributed by atoms with E-state index in [-0.39, 0.29) is 12.6 Å². The second-order valence-corrected chi connectivity index (χ2v) is 6.96. The lowest BCUT2D eigenvalue weighted by molar-refractivity contribution is -0.140. The van der Waals surface area contributed by atoms with Crippen molar-refractivity contribution in [1.82, 2.24) is 4.90 Å². The van der Waals surface area contributed by atoms with Gasteiger partial charge in [-0.1, -0.05) is 29.8 Å². The topological polar surface area (TPSA) is 95.9 Å². The molecular weight excluding hydrogens is 404 g/mol. The lowest BCUT2D eigenvalue weighted by Crippen LogP contribution is -2.27. The molecule has 1 aromatic carbocycles. The third-order valence-corrected chi connectivity index (χ3v) is 3.62. The summed E-state index contributed by atoms with van der Waals surface area (Å²) in [6.07, 6.45) is 0.924. The molecule has 2 N–H and O–H groups in total. The van der Waals surface area contributed by atoms with Crippen LogP contribution in [0.4, 0.5) is 10.5 Å². The fourth-order valence-electron chi connectivity index (χ4n) is 1.97. The van der Waals surface area contributed by atoms with Gasteiger partial charge < -0.3 is 14.7 Å². The molecule has 0 aliphatic heterocycles. The van der Waals surface area contributed by atoms with E-state index in [1.54, 1.807) is 6.92 Å². The number of halogens is 1. The van der Waals surface area contributed by atoms with Crippen LogP contribution >= 0.6 is 15.9 Å². The quantitative estimate of drug-likeness (QED) is 0.607. The lowest BCUT2D eigenvalue weighted by atomic mass is 10.1. The molecule has 0 aliphatic carbocycles. The maximum Gasteiger partial charge on any atom is 0.411 e. The Morgan fingerprint density at radius 1 is 1.27 bits per heavy atom. The highest BCUT2D eigenvalue weighted by atomic mass is 79.9. The van der Waals surface area contributed by atoms with E-state index in [2.05, 4.69) is 35.1 Å². The van der Waals surface area contributed by atoms with Gasteiger partial charge >= 0.3 is 12.1 Å². The molecule has 0 radical (unpaired) electrons. The fraction of sp³-hybridized carbons (Fsp3) is 0.500. The van der Waals surface area contributed by atoms with E-state index in [1.807, 2.05) is 31.2 Å². The number of carbonyl (C=O) groups excluding carboxylic acids is 2. The van der Waals surface area contributed by atoms with Crippen molar-refractivity contribution in [1.29, 1.82) is 0 Å². The van der Waals surface area contributed by atoms with Gasteiger partial charge in [-0.25, -0.2) is 4.79 Å². The zero-order valence-corrected chi connectivity index (χ0v) is 17.2. The standard InChI is InChI=1S/C13H18BrNO2.C5H9NO3/c1-9(2)8-10(3)17-13(16)15-12-6-4-11(14)5-7-12;1-2-6(4-7)3-5(8)9/h4-7,9-10H,8H2,1-3H3,(H,15,16);4H,2-3H2,1H3,(H,8,9). The molecule has 7 nitrogen and oxygen atoms in total. The van der Waals surface area contributed by atoms with Crippen LogP contribution in [-0.2, 0) is 14.3 Å². The highest BCUT2D eigenvalue weighted by Gasteiger charge is 2.11. The lowest BCUT2D eigenvalue weighted by Gasteiger charge is -2.15. The molecule has 0 heterocycles. The fourth-order valence-corrected chi connectivity index (χ4v) is 2.24. The first-order chi connectivity index (χ1) is 12.2. The van der Waals surface area contributed by atoms with E-state index in [4.69, 9.17) is 9.84 Å². The molecule has 0 aromatic heterocycles. The number of aliphatic carboxylic acids is 1.